The number of hydrogen-bond acceptors (Lipinski definition) is 1. The Morgan fingerprint density at radius 1 is 1.17 bits per heavy atom. The number of hydrogen-bond donors (Lipinski definition) is 1. The first kappa shape index (κ1) is 14.5. The Balaban J connectivity index is 1.84. The summed E-state index contributed by atoms with van der Waals surface area (Å²) in [5.74, 6) is 0.873. The molecule has 0 unspecified atom stereocenters. The first-order valence-electron chi connectivity index (χ1n) is 6.84. The molecule has 0 aliphatic heterocycles. The van der Waals surface area contributed by atoms with Crippen molar-refractivity contribution in [2.75, 3.05) is 0 Å². The summed E-state index contributed by atoms with van der Waals surface area (Å²) in [7, 11) is 0. The van der Waals surface area contributed by atoms with E-state index in [4.69, 9.17) is 0 Å². The Labute approximate surface area is 127 Å². The second kappa shape index (κ2) is 7.06. The lowest BCUT2D eigenvalue weighted by Gasteiger charge is -2.28. The Hall–Kier alpha value is 0.140. The van der Waals surface area contributed by atoms with E-state index in [0.29, 0.717) is 6.04 Å². The molecule has 1 atom stereocenters. The van der Waals surface area contributed by atoms with Crippen molar-refractivity contribution in [3.8, 4) is 0 Å². The second-order valence-electron chi connectivity index (χ2n) is 5.32. The molecule has 0 spiro atoms. The topological polar surface area (TPSA) is 12.0 Å². The van der Waals surface area contributed by atoms with Crippen LogP contribution < -0.4 is 5.32 Å². The van der Waals surface area contributed by atoms with Crippen molar-refractivity contribution in [2.24, 2.45) is 5.92 Å². The first-order valence-corrected chi connectivity index (χ1v) is 8.42. The predicted molar refractivity (Wildman–Crippen MR) is 84.7 cm³/mol. The molecule has 1 aliphatic carbocycles. The van der Waals surface area contributed by atoms with Gasteiger partial charge in [-0.05, 0) is 75.2 Å². The summed E-state index contributed by atoms with van der Waals surface area (Å²) in [6, 6.07) is 7.10. The van der Waals surface area contributed by atoms with Crippen molar-refractivity contribution in [1.82, 2.24) is 5.32 Å². The van der Waals surface area contributed by atoms with Gasteiger partial charge in [0, 0.05) is 21.5 Å². The van der Waals surface area contributed by atoms with Gasteiger partial charge in [-0.15, -0.1) is 0 Å². The summed E-state index contributed by atoms with van der Waals surface area (Å²) in [5.41, 5.74) is 1.34. The van der Waals surface area contributed by atoms with Gasteiger partial charge in [-0.25, -0.2) is 0 Å². The van der Waals surface area contributed by atoms with Crippen LogP contribution in [0.15, 0.2) is 27.1 Å². The summed E-state index contributed by atoms with van der Waals surface area (Å²) in [6.07, 6.45) is 7.07. The van der Waals surface area contributed by atoms with Crippen molar-refractivity contribution in [1.29, 1.82) is 0 Å². The maximum atomic E-state index is 3.68. The van der Waals surface area contributed by atoms with Crippen LogP contribution in [0.2, 0.25) is 0 Å². The molecule has 1 aromatic rings. The zero-order chi connectivity index (χ0) is 13.0. The molecule has 1 saturated carbocycles. The minimum Gasteiger partial charge on any atom is -0.310 e. The summed E-state index contributed by atoms with van der Waals surface area (Å²) in [4.78, 5) is 0. The zero-order valence-corrected chi connectivity index (χ0v) is 14.1. The standard InChI is InChI=1S/C15H21Br2N/c1-11(13-5-3-2-4-6-13)18-10-12-7-8-14(16)15(17)9-12/h7-9,11,13,18H,2-6,10H2,1H3/t11-/m0/s1. The first-order chi connectivity index (χ1) is 8.66. The molecule has 0 heterocycles. The Kier molecular flexibility index (Phi) is 5.71. The Morgan fingerprint density at radius 3 is 2.56 bits per heavy atom. The highest BCUT2D eigenvalue weighted by molar-refractivity contribution is 9.13. The van der Waals surface area contributed by atoms with Crippen LogP contribution in [0.5, 0.6) is 0 Å². The number of nitrogens with one attached hydrogen (secondary N) is 1. The SMILES string of the molecule is C[C@H](NCc1ccc(Br)c(Br)c1)C1CCCCC1. The number of halogens is 2. The smallest absolute Gasteiger partial charge is 0.0320 e. The van der Waals surface area contributed by atoms with E-state index in [9.17, 15) is 0 Å². The van der Waals surface area contributed by atoms with Crippen molar-refractivity contribution in [3.05, 3.63) is 32.7 Å². The van der Waals surface area contributed by atoms with Crippen molar-refractivity contribution in [2.45, 2.75) is 51.6 Å². The Morgan fingerprint density at radius 2 is 1.89 bits per heavy atom. The molecule has 18 heavy (non-hydrogen) atoms. The summed E-state index contributed by atoms with van der Waals surface area (Å²) < 4.78 is 2.25. The van der Waals surface area contributed by atoms with E-state index < -0.39 is 0 Å². The molecular formula is C15H21Br2N. The minimum atomic E-state index is 0.632. The Bertz CT molecular complexity index is 386. The second-order valence-corrected chi connectivity index (χ2v) is 7.02. The highest BCUT2D eigenvalue weighted by Gasteiger charge is 2.19. The maximum absolute atomic E-state index is 3.68. The largest absolute Gasteiger partial charge is 0.310 e. The molecule has 1 fully saturated rings. The van der Waals surface area contributed by atoms with Crippen LogP contribution in [0.1, 0.15) is 44.6 Å². The van der Waals surface area contributed by atoms with Gasteiger partial charge in [-0.3, -0.25) is 0 Å². The zero-order valence-electron chi connectivity index (χ0n) is 10.9. The van der Waals surface area contributed by atoms with Crippen LogP contribution in [0.4, 0.5) is 0 Å². The van der Waals surface area contributed by atoms with Gasteiger partial charge in [0.05, 0.1) is 0 Å². The molecule has 2 rings (SSSR count). The van der Waals surface area contributed by atoms with Gasteiger partial charge >= 0.3 is 0 Å². The van der Waals surface area contributed by atoms with Gasteiger partial charge < -0.3 is 5.32 Å². The minimum absolute atomic E-state index is 0.632. The molecule has 0 bridgehead atoms. The molecule has 0 saturated heterocycles. The van der Waals surface area contributed by atoms with E-state index >= 15 is 0 Å². The van der Waals surface area contributed by atoms with Gasteiger partial charge in [-0.1, -0.05) is 25.3 Å². The van der Waals surface area contributed by atoms with E-state index in [-0.39, 0.29) is 0 Å². The average Bonchev–Trinajstić information content (AvgIpc) is 2.41. The number of benzene rings is 1. The summed E-state index contributed by atoms with van der Waals surface area (Å²) >= 11 is 7.06. The van der Waals surface area contributed by atoms with Crippen LogP contribution in [0.25, 0.3) is 0 Å². The lowest BCUT2D eigenvalue weighted by molar-refractivity contribution is 0.280. The fourth-order valence-corrected chi connectivity index (χ4v) is 3.40. The third-order valence-electron chi connectivity index (χ3n) is 3.97. The summed E-state index contributed by atoms with van der Waals surface area (Å²) in [5, 5.41) is 3.68. The molecule has 0 amide bonds. The van der Waals surface area contributed by atoms with Crippen molar-refractivity contribution in [3.63, 3.8) is 0 Å². The molecule has 1 N–H and O–H groups in total. The quantitative estimate of drug-likeness (QED) is 0.756. The van der Waals surface area contributed by atoms with Gasteiger partial charge in [-0.2, -0.15) is 0 Å². The third kappa shape index (κ3) is 4.07. The van der Waals surface area contributed by atoms with Crippen LogP contribution >= 0.6 is 31.9 Å². The molecule has 0 aromatic heterocycles. The maximum Gasteiger partial charge on any atom is 0.0320 e. The van der Waals surface area contributed by atoms with Gasteiger partial charge in [0.1, 0.15) is 0 Å². The molecule has 1 aromatic carbocycles. The molecule has 100 valence electrons. The van der Waals surface area contributed by atoms with Crippen LogP contribution in [0.3, 0.4) is 0 Å². The van der Waals surface area contributed by atoms with E-state index in [2.05, 4.69) is 62.3 Å². The molecule has 1 nitrogen and oxygen atoms in total. The molecule has 3 heteroatoms. The van der Waals surface area contributed by atoms with E-state index in [1.807, 2.05) is 0 Å². The van der Waals surface area contributed by atoms with Crippen LogP contribution in [-0.2, 0) is 6.54 Å². The number of rotatable bonds is 4. The lowest BCUT2D eigenvalue weighted by Crippen LogP contribution is -2.34. The average molecular weight is 375 g/mol. The molecule has 1 aliphatic rings. The van der Waals surface area contributed by atoms with Crippen LogP contribution in [0, 0.1) is 5.92 Å². The highest BCUT2D eigenvalue weighted by Crippen LogP contribution is 2.27. The van der Waals surface area contributed by atoms with Crippen molar-refractivity contribution >= 4 is 31.9 Å². The molecular weight excluding hydrogens is 354 g/mol. The van der Waals surface area contributed by atoms with Gasteiger partial charge in [0.25, 0.3) is 0 Å². The monoisotopic (exact) mass is 373 g/mol. The third-order valence-corrected chi connectivity index (χ3v) is 5.85. The van der Waals surface area contributed by atoms with Gasteiger partial charge in [0.2, 0.25) is 0 Å². The molecule has 0 radical (unpaired) electrons. The lowest BCUT2D eigenvalue weighted by atomic mass is 9.84. The fourth-order valence-electron chi connectivity index (χ4n) is 2.73. The normalized spacial score (nSPS) is 18.8. The van der Waals surface area contributed by atoms with E-state index in [0.717, 1.165) is 21.4 Å². The van der Waals surface area contributed by atoms with Gasteiger partial charge in [0.15, 0.2) is 0 Å². The van der Waals surface area contributed by atoms with Crippen LogP contribution in [-0.4, -0.2) is 6.04 Å². The van der Waals surface area contributed by atoms with Crippen molar-refractivity contribution < 1.29 is 0 Å². The highest BCUT2D eigenvalue weighted by atomic mass is 79.9. The fraction of sp³-hybridized carbons (Fsp3) is 0.600. The van der Waals surface area contributed by atoms with E-state index in [1.165, 1.54) is 37.7 Å². The predicted octanol–water partition coefficient (Wildman–Crippen LogP) is 5.27. The van der Waals surface area contributed by atoms with E-state index in [1.54, 1.807) is 0 Å². The summed E-state index contributed by atoms with van der Waals surface area (Å²) in [6.45, 7) is 3.30.